The van der Waals surface area contributed by atoms with Crippen molar-refractivity contribution >= 4 is 27.6 Å². The van der Waals surface area contributed by atoms with Crippen molar-refractivity contribution in [2.75, 3.05) is 36.4 Å². The monoisotopic (exact) mass is 404 g/mol. The summed E-state index contributed by atoms with van der Waals surface area (Å²) in [7, 11) is 0. The van der Waals surface area contributed by atoms with Gasteiger partial charge in [-0.15, -0.1) is 10.2 Å². The molecule has 28 heavy (non-hydrogen) atoms. The zero-order valence-corrected chi connectivity index (χ0v) is 17.3. The molecule has 3 heterocycles. The molecule has 2 aromatic heterocycles. The molecule has 1 saturated carbocycles. The molecule has 0 radical (unpaired) electrons. The fourth-order valence-corrected chi connectivity index (χ4v) is 4.62. The first-order valence-corrected chi connectivity index (χ1v) is 10.8. The molecule has 1 aliphatic carbocycles. The van der Waals surface area contributed by atoms with E-state index in [1.807, 2.05) is 6.92 Å². The van der Waals surface area contributed by atoms with Crippen LogP contribution in [-0.2, 0) is 6.54 Å². The second kappa shape index (κ2) is 8.48. The minimum absolute atomic E-state index is 0.177. The molecule has 2 aromatic rings. The fourth-order valence-electron chi connectivity index (χ4n) is 3.83. The fraction of sp³-hybridized carbons (Fsp3) is 0.632. The third-order valence-corrected chi connectivity index (χ3v) is 6.46. The van der Waals surface area contributed by atoms with E-state index in [-0.39, 0.29) is 6.03 Å². The Kier molecular flexibility index (Phi) is 5.82. The number of rotatable bonds is 5. The van der Waals surface area contributed by atoms with Crippen LogP contribution >= 0.6 is 11.3 Å². The Morgan fingerprint density at radius 3 is 2.64 bits per heavy atom. The molecule has 2 fully saturated rings. The normalized spacial score (nSPS) is 18.6. The van der Waals surface area contributed by atoms with Gasteiger partial charge in [0, 0.05) is 32.2 Å². The van der Waals surface area contributed by atoms with Crippen LogP contribution in [0.4, 0.5) is 15.1 Å². The summed E-state index contributed by atoms with van der Waals surface area (Å²) in [5, 5.41) is 15.6. The average Bonchev–Trinajstić information content (AvgIpc) is 3.39. The number of carbonyl (C=O) groups excluding carboxylic acids is 1. The predicted molar refractivity (Wildman–Crippen MR) is 110 cm³/mol. The van der Waals surface area contributed by atoms with Gasteiger partial charge in [-0.1, -0.05) is 24.2 Å². The van der Waals surface area contributed by atoms with Crippen LogP contribution in [0.15, 0.2) is 10.5 Å². The van der Waals surface area contributed by atoms with Gasteiger partial charge in [0.25, 0.3) is 0 Å². The van der Waals surface area contributed by atoms with E-state index in [1.54, 1.807) is 0 Å². The van der Waals surface area contributed by atoms with E-state index in [4.69, 9.17) is 4.42 Å². The smallest absolute Gasteiger partial charge is 0.321 e. The van der Waals surface area contributed by atoms with Crippen LogP contribution in [0.1, 0.15) is 42.8 Å². The lowest BCUT2D eigenvalue weighted by molar-refractivity contribution is 0.229. The van der Waals surface area contributed by atoms with Crippen molar-refractivity contribution in [3.8, 4) is 0 Å². The summed E-state index contributed by atoms with van der Waals surface area (Å²) < 4.78 is 5.79. The Labute approximate surface area is 169 Å². The number of nitrogens with one attached hydrogen (secondary N) is 2. The van der Waals surface area contributed by atoms with Gasteiger partial charge in [0.2, 0.25) is 10.3 Å². The zero-order chi connectivity index (χ0) is 19.5. The summed E-state index contributed by atoms with van der Waals surface area (Å²) >= 11 is 1.43. The van der Waals surface area contributed by atoms with Crippen molar-refractivity contribution in [1.29, 1.82) is 0 Å². The third kappa shape index (κ3) is 4.64. The molecule has 0 aromatic carbocycles. The molecule has 2 amide bonds. The average molecular weight is 405 g/mol. The highest BCUT2D eigenvalue weighted by atomic mass is 32.1. The number of hydrogen-bond acceptors (Lipinski definition) is 7. The second-order valence-electron chi connectivity index (χ2n) is 7.68. The van der Waals surface area contributed by atoms with Crippen LogP contribution in [0.3, 0.4) is 0 Å². The molecule has 0 bridgehead atoms. The van der Waals surface area contributed by atoms with Crippen LogP contribution in [0, 0.1) is 13.8 Å². The molecule has 2 aliphatic rings. The van der Waals surface area contributed by atoms with Crippen molar-refractivity contribution in [2.24, 2.45) is 0 Å². The third-order valence-electron chi connectivity index (χ3n) is 5.56. The lowest BCUT2D eigenvalue weighted by Gasteiger charge is -2.33. The van der Waals surface area contributed by atoms with Crippen LogP contribution in [0.2, 0.25) is 0 Å². The number of carbonyl (C=O) groups is 1. The van der Waals surface area contributed by atoms with Crippen LogP contribution in [0.5, 0.6) is 0 Å². The summed E-state index contributed by atoms with van der Waals surface area (Å²) in [5.74, 6) is 2.03. The minimum atomic E-state index is -0.177. The number of aromatic nitrogens is 2. The van der Waals surface area contributed by atoms with Crippen molar-refractivity contribution in [3.63, 3.8) is 0 Å². The van der Waals surface area contributed by atoms with Crippen molar-refractivity contribution in [3.05, 3.63) is 23.2 Å². The Hall–Kier alpha value is -2.13. The topological polar surface area (TPSA) is 86.5 Å². The van der Waals surface area contributed by atoms with Gasteiger partial charge in [-0.2, -0.15) is 0 Å². The maximum atomic E-state index is 12.1. The van der Waals surface area contributed by atoms with Crippen LogP contribution in [0.25, 0.3) is 0 Å². The first-order valence-electron chi connectivity index (χ1n) is 10.0. The number of anilines is 2. The summed E-state index contributed by atoms with van der Waals surface area (Å²) in [6.07, 6.45) is 4.52. The van der Waals surface area contributed by atoms with E-state index in [0.29, 0.717) is 11.2 Å². The molecule has 9 heteroatoms. The SMILES string of the molecule is Cc1cc(CN2CCN(c3nnc(NC(=O)NC4CCCC4)s3)CC2)oc1C. The Morgan fingerprint density at radius 1 is 1.21 bits per heavy atom. The lowest BCUT2D eigenvalue weighted by atomic mass is 10.2. The standard InChI is InChI=1S/C19H28N6O2S/c1-13-11-16(27-14(13)2)12-24-7-9-25(10-8-24)19-23-22-18(28-19)21-17(26)20-15-5-3-4-6-15/h11,15H,3-10,12H2,1-2H3,(H2,20,21,22,26). The minimum Gasteiger partial charge on any atom is -0.465 e. The van der Waals surface area contributed by atoms with E-state index in [9.17, 15) is 4.79 Å². The predicted octanol–water partition coefficient (Wildman–Crippen LogP) is 3.13. The number of urea groups is 1. The van der Waals surface area contributed by atoms with E-state index >= 15 is 0 Å². The van der Waals surface area contributed by atoms with Gasteiger partial charge >= 0.3 is 6.03 Å². The van der Waals surface area contributed by atoms with Crippen molar-refractivity contribution in [1.82, 2.24) is 20.4 Å². The molecule has 4 rings (SSSR count). The number of furan rings is 1. The first kappa shape index (κ1) is 19.2. The van der Waals surface area contributed by atoms with Gasteiger partial charge < -0.3 is 14.6 Å². The molecule has 1 saturated heterocycles. The lowest BCUT2D eigenvalue weighted by Crippen LogP contribution is -2.45. The number of hydrogen-bond donors (Lipinski definition) is 2. The summed E-state index contributed by atoms with van der Waals surface area (Å²) in [4.78, 5) is 16.7. The Bertz CT molecular complexity index is 786. The number of nitrogens with zero attached hydrogens (tertiary/aromatic N) is 4. The maximum Gasteiger partial charge on any atom is 0.321 e. The number of amides is 2. The second-order valence-corrected chi connectivity index (χ2v) is 8.64. The largest absolute Gasteiger partial charge is 0.465 e. The molecular formula is C19H28N6O2S. The van der Waals surface area contributed by atoms with Crippen molar-refractivity contribution in [2.45, 2.75) is 52.1 Å². The molecule has 8 nitrogen and oxygen atoms in total. The molecule has 0 unspecified atom stereocenters. The Morgan fingerprint density at radius 2 is 1.96 bits per heavy atom. The van der Waals surface area contributed by atoms with Gasteiger partial charge in [-0.05, 0) is 38.3 Å². The summed E-state index contributed by atoms with van der Waals surface area (Å²) in [6.45, 7) is 8.60. The maximum absolute atomic E-state index is 12.1. The molecule has 2 N–H and O–H groups in total. The first-order chi connectivity index (χ1) is 13.6. The highest BCUT2D eigenvalue weighted by Gasteiger charge is 2.22. The molecule has 152 valence electrons. The highest BCUT2D eigenvalue weighted by Crippen LogP contribution is 2.26. The molecule has 0 spiro atoms. The van der Waals surface area contributed by atoms with E-state index in [0.717, 1.165) is 62.2 Å². The van der Waals surface area contributed by atoms with Crippen LogP contribution in [-0.4, -0.2) is 53.3 Å². The van der Waals surface area contributed by atoms with Gasteiger partial charge in [0.1, 0.15) is 11.5 Å². The van der Waals surface area contributed by atoms with Gasteiger partial charge in [0.05, 0.1) is 6.54 Å². The van der Waals surface area contributed by atoms with Gasteiger partial charge in [-0.3, -0.25) is 10.2 Å². The zero-order valence-electron chi connectivity index (χ0n) is 16.5. The van der Waals surface area contributed by atoms with Gasteiger partial charge in [0.15, 0.2) is 0 Å². The molecule has 1 aliphatic heterocycles. The molecule has 0 atom stereocenters. The van der Waals surface area contributed by atoms with Crippen LogP contribution < -0.4 is 15.5 Å². The van der Waals surface area contributed by atoms with E-state index in [1.165, 1.54) is 29.7 Å². The van der Waals surface area contributed by atoms with Crippen molar-refractivity contribution < 1.29 is 9.21 Å². The summed E-state index contributed by atoms with van der Waals surface area (Å²) in [6, 6.07) is 2.24. The number of aryl methyl sites for hydroxylation is 2. The Balaban J connectivity index is 1.25. The van der Waals surface area contributed by atoms with E-state index in [2.05, 4.69) is 43.6 Å². The number of piperazine rings is 1. The molecular weight excluding hydrogens is 376 g/mol. The van der Waals surface area contributed by atoms with Gasteiger partial charge in [-0.25, -0.2) is 4.79 Å². The quantitative estimate of drug-likeness (QED) is 0.796. The highest BCUT2D eigenvalue weighted by molar-refractivity contribution is 7.19. The summed E-state index contributed by atoms with van der Waals surface area (Å²) in [5.41, 5.74) is 1.21. The van der Waals surface area contributed by atoms with E-state index < -0.39 is 0 Å².